The van der Waals surface area contributed by atoms with E-state index in [-0.39, 0.29) is 0 Å². The molecule has 0 radical (unpaired) electrons. The predicted octanol–water partition coefficient (Wildman–Crippen LogP) is 2.53. The van der Waals surface area contributed by atoms with Crippen LogP contribution in [0.4, 0.5) is 0 Å². The summed E-state index contributed by atoms with van der Waals surface area (Å²) in [5.41, 5.74) is 1.21. The molecule has 78 valence electrons. The van der Waals surface area contributed by atoms with Gasteiger partial charge in [0.1, 0.15) is 0 Å². The van der Waals surface area contributed by atoms with Gasteiger partial charge < -0.3 is 4.74 Å². The molecule has 0 N–H and O–H groups in total. The average molecular weight is 194 g/mol. The van der Waals surface area contributed by atoms with E-state index in [0.29, 0.717) is 12.6 Å². The second kappa shape index (κ2) is 4.60. The summed E-state index contributed by atoms with van der Waals surface area (Å²) in [6, 6.07) is 2.67. The van der Waals surface area contributed by atoms with Crippen molar-refractivity contribution in [3.05, 3.63) is 18.0 Å². The molecular formula is C11H18N2O. The fourth-order valence-corrected chi connectivity index (χ4v) is 2.26. The van der Waals surface area contributed by atoms with Gasteiger partial charge in [-0.15, -0.1) is 0 Å². The van der Waals surface area contributed by atoms with Crippen LogP contribution in [-0.2, 0) is 11.3 Å². The molecule has 1 saturated carbocycles. The van der Waals surface area contributed by atoms with Crippen LogP contribution in [0.2, 0.25) is 0 Å². The monoisotopic (exact) mass is 194 g/mol. The molecule has 1 aromatic heterocycles. The quantitative estimate of drug-likeness (QED) is 0.739. The zero-order chi connectivity index (χ0) is 9.80. The minimum absolute atomic E-state index is 0.615. The minimum atomic E-state index is 0.615. The van der Waals surface area contributed by atoms with E-state index in [1.807, 2.05) is 6.20 Å². The minimum Gasteiger partial charge on any atom is -0.378 e. The second-order valence-corrected chi connectivity index (χ2v) is 3.99. The molecule has 1 heterocycles. The molecule has 1 fully saturated rings. The molecular weight excluding hydrogens is 176 g/mol. The lowest BCUT2D eigenvalue weighted by molar-refractivity contribution is 0.171. The maximum Gasteiger partial charge on any atom is 0.0881 e. The SMILES string of the molecule is COCc1ccnn1C1CCCCC1. The van der Waals surface area contributed by atoms with Crippen LogP contribution in [0.1, 0.15) is 43.8 Å². The van der Waals surface area contributed by atoms with Crippen molar-refractivity contribution in [2.75, 3.05) is 7.11 Å². The summed E-state index contributed by atoms with van der Waals surface area (Å²) in [5.74, 6) is 0. The fourth-order valence-electron chi connectivity index (χ4n) is 2.26. The molecule has 0 bridgehead atoms. The summed E-state index contributed by atoms with van der Waals surface area (Å²) in [5, 5.41) is 4.40. The number of hydrogen-bond acceptors (Lipinski definition) is 2. The molecule has 0 saturated heterocycles. The van der Waals surface area contributed by atoms with E-state index < -0.39 is 0 Å². The summed E-state index contributed by atoms with van der Waals surface area (Å²) in [4.78, 5) is 0. The summed E-state index contributed by atoms with van der Waals surface area (Å²) >= 11 is 0. The van der Waals surface area contributed by atoms with Crippen molar-refractivity contribution in [3.8, 4) is 0 Å². The van der Waals surface area contributed by atoms with Crippen molar-refractivity contribution in [2.24, 2.45) is 0 Å². The van der Waals surface area contributed by atoms with Crippen LogP contribution in [0, 0.1) is 0 Å². The molecule has 1 aliphatic carbocycles. The lowest BCUT2D eigenvalue weighted by Crippen LogP contribution is -2.16. The van der Waals surface area contributed by atoms with Crippen LogP contribution in [0.5, 0.6) is 0 Å². The first-order valence-corrected chi connectivity index (χ1v) is 5.43. The topological polar surface area (TPSA) is 27.1 Å². The maximum absolute atomic E-state index is 5.16. The van der Waals surface area contributed by atoms with Crippen molar-refractivity contribution >= 4 is 0 Å². The molecule has 0 aromatic carbocycles. The van der Waals surface area contributed by atoms with E-state index in [9.17, 15) is 0 Å². The van der Waals surface area contributed by atoms with Crippen molar-refractivity contribution in [1.82, 2.24) is 9.78 Å². The number of ether oxygens (including phenoxy) is 1. The van der Waals surface area contributed by atoms with Gasteiger partial charge in [-0.2, -0.15) is 5.10 Å². The van der Waals surface area contributed by atoms with Gasteiger partial charge in [0, 0.05) is 13.3 Å². The molecule has 0 spiro atoms. The standard InChI is InChI=1S/C11H18N2O/c1-14-9-11-7-8-12-13(11)10-5-3-2-4-6-10/h7-8,10H,2-6,9H2,1H3. The van der Waals surface area contributed by atoms with E-state index >= 15 is 0 Å². The van der Waals surface area contributed by atoms with Gasteiger partial charge in [0.05, 0.1) is 18.3 Å². The largest absolute Gasteiger partial charge is 0.378 e. The number of methoxy groups -OCH3 is 1. The van der Waals surface area contributed by atoms with Gasteiger partial charge in [0.15, 0.2) is 0 Å². The third kappa shape index (κ3) is 1.98. The van der Waals surface area contributed by atoms with Crippen molar-refractivity contribution in [2.45, 2.75) is 44.8 Å². The van der Waals surface area contributed by atoms with Gasteiger partial charge in [-0.05, 0) is 18.9 Å². The zero-order valence-electron chi connectivity index (χ0n) is 8.78. The van der Waals surface area contributed by atoms with E-state index in [2.05, 4.69) is 15.8 Å². The van der Waals surface area contributed by atoms with Crippen LogP contribution in [0.15, 0.2) is 12.3 Å². The molecule has 0 unspecified atom stereocenters. The fraction of sp³-hybridized carbons (Fsp3) is 0.727. The highest BCUT2D eigenvalue weighted by molar-refractivity contribution is 5.00. The predicted molar refractivity (Wildman–Crippen MR) is 55.1 cm³/mol. The van der Waals surface area contributed by atoms with E-state index in [4.69, 9.17) is 4.74 Å². The van der Waals surface area contributed by atoms with Gasteiger partial charge in [0.25, 0.3) is 0 Å². The lowest BCUT2D eigenvalue weighted by Gasteiger charge is -2.23. The van der Waals surface area contributed by atoms with Crippen molar-refractivity contribution in [3.63, 3.8) is 0 Å². The summed E-state index contributed by atoms with van der Waals surface area (Å²) in [7, 11) is 1.73. The van der Waals surface area contributed by atoms with E-state index in [1.165, 1.54) is 37.8 Å². The first kappa shape index (κ1) is 9.71. The van der Waals surface area contributed by atoms with Crippen molar-refractivity contribution < 1.29 is 4.74 Å². The summed E-state index contributed by atoms with van der Waals surface area (Å²) in [6.45, 7) is 0.677. The van der Waals surface area contributed by atoms with Crippen LogP contribution in [-0.4, -0.2) is 16.9 Å². The Bertz CT molecular complexity index is 277. The number of nitrogens with zero attached hydrogens (tertiary/aromatic N) is 2. The Morgan fingerprint density at radius 3 is 2.93 bits per heavy atom. The van der Waals surface area contributed by atoms with Crippen molar-refractivity contribution in [1.29, 1.82) is 0 Å². The first-order chi connectivity index (χ1) is 6.92. The van der Waals surface area contributed by atoms with Crippen LogP contribution in [0.25, 0.3) is 0 Å². The van der Waals surface area contributed by atoms with Crippen LogP contribution < -0.4 is 0 Å². The average Bonchev–Trinajstić information content (AvgIpc) is 2.68. The second-order valence-electron chi connectivity index (χ2n) is 3.99. The van der Waals surface area contributed by atoms with Gasteiger partial charge in [-0.3, -0.25) is 4.68 Å². The smallest absolute Gasteiger partial charge is 0.0881 e. The summed E-state index contributed by atoms with van der Waals surface area (Å²) in [6.07, 6.45) is 8.50. The van der Waals surface area contributed by atoms with E-state index in [1.54, 1.807) is 7.11 Å². The zero-order valence-corrected chi connectivity index (χ0v) is 8.78. The van der Waals surface area contributed by atoms with Crippen LogP contribution >= 0.6 is 0 Å². The van der Waals surface area contributed by atoms with Crippen LogP contribution in [0.3, 0.4) is 0 Å². The molecule has 14 heavy (non-hydrogen) atoms. The lowest BCUT2D eigenvalue weighted by atomic mass is 9.95. The molecule has 0 aliphatic heterocycles. The highest BCUT2D eigenvalue weighted by Crippen LogP contribution is 2.28. The number of aromatic nitrogens is 2. The number of rotatable bonds is 3. The maximum atomic E-state index is 5.16. The third-order valence-electron chi connectivity index (χ3n) is 2.97. The molecule has 0 amide bonds. The summed E-state index contributed by atoms with van der Waals surface area (Å²) < 4.78 is 7.31. The molecule has 0 atom stereocenters. The molecule has 2 rings (SSSR count). The molecule has 1 aliphatic rings. The van der Waals surface area contributed by atoms with Gasteiger partial charge in [0.2, 0.25) is 0 Å². The Morgan fingerprint density at radius 1 is 1.43 bits per heavy atom. The Labute approximate surface area is 85.1 Å². The Morgan fingerprint density at radius 2 is 2.21 bits per heavy atom. The highest BCUT2D eigenvalue weighted by atomic mass is 16.5. The molecule has 3 heteroatoms. The third-order valence-corrected chi connectivity index (χ3v) is 2.97. The van der Waals surface area contributed by atoms with E-state index in [0.717, 1.165) is 0 Å². The normalized spacial score (nSPS) is 18.6. The number of hydrogen-bond donors (Lipinski definition) is 0. The highest BCUT2D eigenvalue weighted by Gasteiger charge is 2.17. The Balaban J connectivity index is 2.09. The van der Waals surface area contributed by atoms with Gasteiger partial charge in [-0.1, -0.05) is 19.3 Å². The molecule has 3 nitrogen and oxygen atoms in total. The molecule has 1 aromatic rings. The Kier molecular flexibility index (Phi) is 3.19. The first-order valence-electron chi connectivity index (χ1n) is 5.43. The Hall–Kier alpha value is -0.830. The van der Waals surface area contributed by atoms with Gasteiger partial charge >= 0.3 is 0 Å². The van der Waals surface area contributed by atoms with Gasteiger partial charge in [-0.25, -0.2) is 0 Å².